The van der Waals surface area contributed by atoms with Crippen molar-refractivity contribution in [1.82, 2.24) is 0 Å². The maximum absolute atomic E-state index is 13.4. The lowest BCUT2D eigenvalue weighted by Crippen LogP contribution is -2.19. The summed E-state index contributed by atoms with van der Waals surface area (Å²) in [5, 5.41) is 2.78. The highest BCUT2D eigenvalue weighted by Crippen LogP contribution is 2.32. The van der Waals surface area contributed by atoms with Crippen molar-refractivity contribution in [1.29, 1.82) is 0 Å². The topological polar surface area (TPSA) is 12.0 Å². The fraction of sp³-hybridized carbons (Fsp3) is 0.538. The lowest BCUT2D eigenvalue weighted by Gasteiger charge is -2.18. The van der Waals surface area contributed by atoms with E-state index in [1.165, 1.54) is 0 Å². The summed E-state index contributed by atoms with van der Waals surface area (Å²) in [5.41, 5.74) is -0.943. The van der Waals surface area contributed by atoms with Crippen molar-refractivity contribution in [2.75, 3.05) is 5.32 Å². The Hall–Kier alpha value is -1.26. The first kappa shape index (κ1) is 14.8. The van der Waals surface area contributed by atoms with Gasteiger partial charge in [-0.25, -0.2) is 4.39 Å². The molecule has 0 saturated carbocycles. The summed E-state index contributed by atoms with van der Waals surface area (Å²) in [6.45, 7) is 5.82. The maximum atomic E-state index is 13.4. The summed E-state index contributed by atoms with van der Waals surface area (Å²) in [6, 6.07) is 2.32. The molecule has 0 bridgehead atoms. The van der Waals surface area contributed by atoms with Gasteiger partial charge in [0.25, 0.3) is 0 Å². The van der Waals surface area contributed by atoms with Gasteiger partial charge in [0.2, 0.25) is 0 Å². The number of halogens is 4. The van der Waals surface area contributed by atoms with Gasteiger partial charge in [-0.15, -0.1) is 0 Å². The van der Waals surface area contributed by atoms with E-state index in [0.717, 1.165) is 24.6 Å². The first-order valence-electron chi connectivity index (χ1n) is 5.83. The van der Waals surface area contributed by atoms with Gasteiger partial charge < -0.3 is 5.32 Å². The van der Waals surface area contributed by atoms with Crippen LogP contribution in [0.1, 0.15) is 32.8 Å². The molecule has 18 heavy (non-hydrogen) atoms. The summed E-state index contributed by atoms with van der Waals surface area (Å²) < 4.78 is 50.9. The first-order chi connectivity index (χ1) is 8.20. The minimum Gasteiger partial charge on any atom is -0.380 e. The molecule has 1 aromatic rings. The minimum atomic E-state index is -4.45. The number of rotatable bonds is 4. The van der Waals surface area contributed by atoms with Gasteiger partial charge in [-0.05, 0) is 37.5 Å². The molecule has 0 radical (unpaired) electrons. The quantitative estimate of drug-likeness (QED) is 0.777. The van der Waals surface area contributed by atoms with Crippen LogP contribution < -0.4 is 5.32 Å². The van der Waals surface area contributed by atoms with Gasteiger partial charge in [0.05, 0.1) is 11.3 Å². The molecule has 1 nitrogen and oxygen atoms in total. The molecule has 0 fully saturated rings. The monoisotopic (exact) mass is 263 g/mol. The number of alkyl halides is 3. The highest BCUT2D eigenvalue weighted by Gasteiger charge is 2.31. The third kappa shape index (κ3) is 4.20. The molecule has 1 aromatic carbocycles. The number of hydrogen-bond acceptors (Lipinski definition) is 1. The van der Waals surface area contributed by atoms with Gasteiger partial charge in [-0.1, -0.05) is 13.8 Å². The zero-order chi connectivity index (χ0) is 13.9. The van der Waals surface area contributed by atoms with Crippen LogP contribution in [0.4, 0.5) is 23.2 Å². The molecule has 1 rings (SSSR count). The van der Waals surface area contributed by atoms with Gasteiger partial charge in [-0.3, -0.25) is 0 Å². The second kappa shape index (κ2) is 5.59. The highest BCUT2D eigenvalue weighted by molar-refractivity contribution is 5.48. The van der Waals surface area contributed by atoms with E-state index in [4.69, 9.17) is 0 Å². The average molecular weight is 263 g/mol. The third-order valence-electron chi connectivity index (χ3n) is 2.52. The van der Waals surface area contributed by atoms with Crippen LogP contribution in [0.2, 0.25) is 0 Å². The highest BCUT2D eigenvalue weighted by atomic mass is 19.4. The molecule has 1 unspecified atom stereocenters. The van der Waals surface area contributed by atoms with Crippen molar-refractivity contribution in [2.24, 2.45) is 5.92 Å². The Morgan fingerprint density at radius 3 is 2.28 bits per heavy atom. The van der Waals surface area contributed by atoms with Gasteiger partial charge in [0.15, 0.2) is 0 Å². The molecule has 1 N–H and O–H groups in total. The Morgan fingerprint density at radius 2 is 1.78 bits per heavy atom. The van der Waals surface area contributed by atoms with Crippen molar-refractivity contribution in [3.8, 4) is 0 Å². The Balaban J connectivity index is 2.88. The Kier molecular flexibility index (Phi) is 4.59. The van der Waals surface area contributed by atoms with Gasteiger partial charge in [0.1, 0.15) is 5.82 Å². The number of hydrogen-bond donors (Lipinski definition) is 1. The Labute approximate surface area is 104 Å². The van der Waals surface area contributed by atoms with Crippen LogP contribution in [0.25, 0.3) is 0 Å². The molecule has 0 aliphatic rings. The van der Waals surface area contributed by atoms with E-state index >= 15 is 0 Å². The van der Waals surface area contributed by atoms with Crippen LogP contribution in [-0.2, 0) is 6.18 Å². The van der Waals surface area contributed by atoms with Crippen LogP contribution in [0.15, 0.2) is 18.2 Å². The second-order valence-electron chi connectivity index (χ2n) is 4.87. The van der Waals surface area contributed by atoms with Crippen LogP contribution in [0.3, 0.4) is 0 Å². The van der Waals surface area contributed by atoms with E-state index < -0.39 is 17.6 Å². The molecule has 0 aliphatic heterocycles. The lowest BCUT2D eigenvalue weighted by atomic mass is 10.0. The molecule has 0 amide bonds. The molecular formula is C13H17F4N. The molecule has 1 atom stereocenters. The van der Waals surface area contributed by atoms with Crippen molar-refractivity contribution < 1.29 is 17.6 Å². The van der Waals surface area contributed by atoms with Gasteiger partial charge in [0, 0.05) is 6.04 Å². The molecular weight excluding hydrogens is 246 g/mol. The average Bonchev–Trinajstić information content (AvgIpc) is 2.18. The number of anilines is 1. The van der Waals surface area contributed by atoms with Crippen LogP contribution >= 0.6 is 0 Å². The molecule has 0 heterocycles. The smallest absolute Gasteiger partial charge is 0.380 e. The van der Waals surface area contributed by atoms with E-state index in [1.54, 1.807) is 0 Å². The molecule has 0 aromatic heterocycles. The fourth-order valence-electron chi connectivity index (χ4n) is 1.84. The van der Waals surface area contributed by atoms with E-state index in [1.807, 2.05) is 20.8 Å². The Morgan fingerprint density at radius 1 is 1.17 bits per heavy atom. The molecule has 0 spiro atoms. The zero-order valence-corrected chi connectivity index (χ0v) is 10.6. The predicted molar refractivity (Wildman–Crippen MR) is 63.9 cm³/mol. The fourth-order valence-corrected chi connectivity index (χ4v) is 1.84. The summed E-state index contributed by atoms with van der Waals surface area (Å²) in [7, 11) is 0. The normalized spacial score (nSPS) is 13.8. The van der Waals surface area contributed by atoms with Gasteiger partial charge >= 0.3 is 6.18 Å². The maximum Gasteiger partial charge on any atom is 0.416 e. The Bertz CT molecular complexity index is 398. The van der Waals surface area contributed by atoms with E-state index in [0.29, 0.717) is 5.92 Å². The summed E-state index contributed by atoms with van der Waals surface area (Å²) in [6.07, 6.45) is -3.69. The van der Waals surface area contributed by atoms with Crippen LogP contribution in [0.5, 0.6) is 0 Å². The zero-order valence-electron chi connectivity index (χ0n) is 10.6. The molecule has 102 valence electrons. The van der Waals surface area contributed by atoms with Crippen molar-refractivity contribution in [2.45, 2.75) is 39.4 Å². The molecule has 0 saturated heterocycles. The summed E-state index contributed by atoms with van der Waals surface area (Å²) in [5.74, 6) is -0.278. The predicted octanol–water partition coefficient (Wildman–Crippen LogP) is 4.69. The SMILES string of the molecule is CC(C)CC(C)Nc1cc(C(F)(F)F)ccc1F. The summed E-state index contributed by atoms with van der Waals surface area (Å²) >= 11 is 0. The van der Waals surface area contributed by atoms with Crippen LogP contribution in [0, 0.1) is 11.7 Å². The number of benzene rings is 1. The van der Waals surface area contributed by atoms with Crippen molar-refractivity contribution in [3.05, 3.63) is 29.6 Å². The first-order valence-corrected chi connectivity index (χ1v) is 5.83. The van der Waals surface area contributed by atoms with Crippen molar-refractivity contribution >= 4 is 5.69 Å². The standard InChI is InChI=1S/C13H17F4N/c1-8(2)6-9(3)18-12-7-10(13(15,16)17)4-5-11(12)14/h4-5,7-9,18H,6H2,1-3H3. The second-order valence-corrected chi connectivity index (χ2v) is 4.87. The van der Waals surface area contributed by atoms with E-state index in [-0.39, 0.29) is 11.7 Å². The van der Waals surface area contributed by atoms with E-state index in [2.05, 4.69) is 5.32 Å². The summed E-state index contributed by atoms with van der Waals surface area (Å²) in [4.78, 5) is 0. The van der Waals surface area contributed by atoms with E-state index in [9.17, 15) is 17.6 Å². The lowest BCUT2D eigenvalue weighted by molar-refractivity contribution is -0.137. The number of nitrogens with one attached hydrogen (secondary N) is 1. The minimum absolute atomic E-state index is 0.0806. The van der Waals surface area contributed by atoms with Gasteiger partial charge in [-0.2, -0.15) is 13.2 Å². The largest absolute Gasteiger partial charge is 0.416 e. The van der Waals surface area contributed by atoms with Crippen LogP contribution in [-0.4, -0.2) is 6.04 Å². The van der Waals surface area contributed by atoms with Crippen molar-refractivity contribution in [3.63, 3.8) is 0 Å². The molecule has 5 heteroatoms. The third-order valence-corrected chi connectivity index (χ3v) is 2.52. The molecule has 0 aliphatic carbocycles.